The molecule has 19 heavy (non-hydrogen) atoms. The smallest absolute Gasteiger partial charge is 0.123 e. The standard InChI is InChI=1S/C16H26N2O/c1-3-15-6-4-5-9-18(15)12-14-10-13(11-17)7-8-16(14)19-2/h7-8,10,15H,3-6,9,11-12,17H2,1-2H3. The Morgan fingerprint density at radius 3 is 2.89 bits per heavy atom. The predicted molar refractivity (Wildman–Crippen MR) is 79.2 cm³/mol. The quantitative estimate of drug-likeness (QED) is 0.886. The SMILES string of the molecule is CCC1CCCCN1Cc1cc(CN)ccc1OC. The van der Waals surface area contributed by atoms with E-state index in [2.05, 4.69) is 24.0 Å². The molecule has 1 saturated heterocycles. The third-order valence-corrected chi connectivity index (χ3v) is 4.17. The van der Waals surface area contributed by atoms with E-state index in [4.69, 9.17) is 10.5 Å². The Morgan fingerprint density at radius 2 is 2.21 bits per heavy atom. The molecule has 0 aliphatic carbocycles. The summed E-state index contributed by atoms with van der Waals surface area (Å²) in [4.78, 5) is 2.60. The maximum absolute atomic E-state index is 5.74. The molecular formula is C16H26N2O. The van der Waals surface area contributed by atoms with E-state index >= 15 is 0 Å². The van der Waals surface area contributed by atoms with Crippen molar-refractivity contribution in [1.29, 1.82) is 0 Å². The molecule has 1 atom stereocenters. The number of nitrogens with two attached hydrogens (primary N) is 1. The van der Waals surface area contributed by atoms with Crippen molar-refractivity contribution in [2.75, 3.05) is 13.7 Å². The van der Waals surface area contributed by atoms with Gasteiger partial charge in [-0.25, -0.2) is 0 Å². The molecular weight excluding hydrogens is 236 g/mol. The van der Waals surface area contributed by atoms with Gasteiger partial charge in [0.2, 0.25) is 0 Å². The van der Waals surface area contributed by atoms with Gasteiger partial charge >= 0.3 is 0 Å². The number of methoxy groups -OCH3 is 1. The van der Waals surface area contributed by atoms with Crippen LogP contribution in [0, 0.1) is 0 Å². The Balaban J connectivity index is 2.16. The van der Waals surface area contributed by atoms with Crippen molar-refractivity contribution >= 4 is 0 Å². The number of hydrogen-bond donors (Lipinski definition) is 1. The van der Waals surface area contributed by atoms with Gasteiger partial charge in [-0.3, -0.25) is 4.90 Å². The zero-order valence-corrected chi connectivity index (χ0v) is 12.2. The second-order valence-corrected chi connectivity index (χ2v) is 5.38. The van der Waals surface area contributed by atoms with Crippen LogP contribution in [0.4, 0.5) is 0 Å². The predicted octanol–water partition coefficient (Wildman–Crippen LogP) is 2.92. The van der Waals surface area contributed by atoms with Crippen LogP contribution < -0.4 is 10.5 Å². The van der Waals surface area contributed by atoms with E-state index in [9.17, 15) is 0 Å². The van der Waals surface area contributed by atoms with Crippen LogP contribution in [-0.4, -0.2) is 24.6 Å². The molecule has 0 spiro atoms. The number of nitrogens with zero attached hydrogens (tertiary/aromatic N) is 1. The van der Waals surface area contributed by atoms with Crippen molar-refractivity contribution in [1.82, 2.24) is 4.90 Å². The fourth-order valence-corrected chi connectivity index (χ4v) is 3.03. The molecule has 3 heteroatoms. The Hall–Kier alpha value is -1.06. The highest BCUT2D eigenvalue weighted by Crippen LogP contribution is 2.26. The minimum Gasteiger partial charge on any atom is -0.496 e. The van der Waals surface area contributed by atoms with Gasteiger partial charge in [0.15, 0.2) is 0 Å². The third kappa shape index (κ3) is 3.48. The lowest BCUT2D eigenvalue weighted by Crippen LogP contribution is -2.38. The van der Waals surface area contributed by atoms with Crippen molar-refractivity contribution in [2.45, 2.75) is 51.7 Å². The first-order chi connectivity index (χ1) is 9.28. The molecule has 1 fully saturated rings. The van der Waals surface area contributed by atoms with Crippen molar-refractivity contribution in [2.24, 2.45) is 5.73 Å². The normalized spacial score (nSPS) is 20.5. The topological polar surface area (TPSA) is 38.5 Å². The average molecular weight is 262 g/mol. The molecule has 1 heterocycles. The lowest BCUT2D eigenvalue weighted by molar-refractivity contribution is 0.135. The highest BCUT2D eigenvalue weighted by Gasteiger charge is 2.21. The molecule has 1 aliphatic rings. The third-order valence-electron chi connectivity index (χ3n) is 4.17. The van der Waals surface area contributed by atoms with Gasteiger partial charge in [-0.2, -0.15) is 0 Å². The van der Waals surface area contributed by atoms with Crippen molar-refractivity contribution < 1.29 is 4.74 Å². The van der Waals surface area contributed by atoms with E-state index in [1.165, 1.54) is 43.4 Å². The molecule has 0 saturated carbocycles. The summed E-state index contributed by atoms with van der Waals surface area (Å²) < 4.78 is 5.49. The maximum Gasteiger partial charge on any atom is 0.123 e. The van der Waals surface area contributed by atoms with Crippen LogP contribution >= 0.6 is 0 Å². The molecule has 3 nitrogen and oxygen atoms in total. The Morgan fingerprint density at radius 1 is 1.37 bits per heavy atom. The second kappa shape index (κ2) is 6.92. The van der Waals surface area contributed by atoms with Gasteiger partial charge < -0.3 is 10.5 Å². The number of piperidine rings is 1. The molecule has 1 aliphatic heterocycles. The molecule has 2 rings (SSSR count). The number of rotatable bonds is 5. The van der Waals surface area contributed by atoms with E-state index in [1.807, 2.05) is 6.07 Å². The Labute approximate surface area is 116 Å². The van der Waals surface area contributed by atoms with E-state index in [1.54, 1.807) is 7.11 Å². The summed E-state index contributed by atoms with van der Waals surface area (Å²) in [5.74, 6) is 0.984. The van der Waals surface area contributed by atoms with Crippen LogP contribution in [0.5, 0.6) is 5.75 Å². The van der Waals surface area contributed by atoms with Gasteiger partial charge in [0.1, 0.15) is 5.75 Å². The summed E-state index contributed by atoms with van der Waals surface area (Å²) in [5.41, 5.74) is 8.19. The highest BCUT2D eigenvalue weighted by atomic mass is 16.5. The van der Waals surface area contributed by atoms with E-state index < -0.39 is 0 Å². The summed E-state index contributed by atoms with van der Waals surface area (Å²) in [5, 5.41) is 0. The molecule has 0 radical (unpaired) electrons. The molecule has 1 aromatic carbocycles. The monoisotopic (exact) mass is 262 g/mol. The minimum atomic E-state index is 0.591. The van der Waals surface area contributed by atoms with Gasteiger partial charge in [0.25, 0.3) is 0 Å². The molecule has 1 unspecified atom stereocenters. The van der Waals surface area contributed by atoms with Crippen molar-refractivity contribution in [3.8, 4) is 5.75 Å². The second-order valence-electron chi connectivity index (χ2n) is 5.38. The van der Waals surface area contributed by atoms with Gasteiger partial charge in [0, 0.05) is 24.7 Å². The molecule has 1 aromatic rings. The zero-order chi connectivity index (χ0) is 13.7. The summed E-state index contributed by atoms with van der Waals surface area (Å²) >= 11 is 0. The fraction of sp³-hybridized carbons (Fsp3) is 0.625. The minimum absolute atomic E-state index is 0.591. The van der Waals surface area contributed by atoms with Crippen molar-refractivity contribution in [3.63, 3.8) is 0 Å². The van der Waals surface area contributed by atoms with E-state index in [0.717, 1.165) is 18.3 Å². The van der Waals surface area contributed by atoms with E-state index in [0.29, 0.717) is 6.54 Å². The van der Waals surface area contributed by atoms with Gasteiger partial charge in [-0.15, -0.1) is 0 Å². The van der Waals surface area contributed by atoms with Crippen molar-refractivity contribution in [3.05, 3.63) is 29.3 Å². The number of benzene rings is 1. The Kier molecular flexibility index (Phi) is 5.23. The summed E-state index contributed by atoms with van der Waals surface area (Å²) in [6.45, 7) is 5.06. The molecule has 0 aromatic heterocycles. The first kappa shape index (κ1) is 14.4. The van der Waals surface area contributed by atoms with Gasteiger partial charge in [-0.05, 0) is 43.5 Å². The zero-order valence-electron chi connectivity index (χ0n) is 12.2. The van der Waals surface area contributed by atoms with Crippen LogP contribution in [0.3, 0.4) is 0 Å². The lowest BCUT2D eigenvalue weighted by Gasteiger charge is -2.35. The van der Waals surface area contributed by atoms with Crippen LogP contribution in [0.2, 0.25) is 0 Å². The molecule has 106 valence electrons. The molecule has 2 N–H and O–H groups in total. The van der Waals surface area contributed by atoms with Crippen LogP contribution in [-0.2, 0) is 13.1 Å². The largest absolute Gasteiger partial charge is 0.496 e. The van der Waals surface area contributed by atoms with Crippen LogP contribution in [0.25, 0.3) is 0 Å². The number of ether oxygens (including phenoxy) is 1. The maximum atomic E-state index is 5.74. The number of hydrogen-bond acceptors (Lipinski definition) is 3. The summed E-state index contributed by atoms with van der Waals surface area (Å²) in [6.07, 6.45) is 5.25. The lowest BCUT2D eigenvalue weighted by atomic mass is 9.98. The first-order valence-electron chi connectivity index (χ1n) is 7.38. The highest BCUT2D eigenvalue weighted by molar-refractivity contribution is 5.37. The first-order valence-corrected chi connectivity index (χ1v) is 7.38. The van der Waals surface area contributed by atoms with Gasteiger partial charge in [-0.1, -0.05) is 19.4 Å². The van der Waals surface area contributed by atoms with Crippen LogP contribution in [0.15, 0.2) is 18.2 Å². The average Bonchev–Trinajstić information content (AvgIpc) is 2.47. The molecule has 0 amide bonds. The number of likely N-dealkylation sites (tertiary alicyclic amines) is 1. The van der Waals surface area contributed by atoms with E-state index in [-0.39, 0.29) is 0 Å². The fourth-order valence-electron chi connectivity index (χ4n) is 3.03. The van der Waals surface area contributed by atoms with Gasteiger partial charge in [0.05, 0.1) is 7.11 Å². The molecule has 0 bridgehead atoms. The summed E-state index contributed by atoms with van der Waals surface area (Å²) in [6, 6.07) is 7.01. The van der Waals surface area contributed by atoms with Crippen LogP contribution in [0.1, 0.15) is 43.7 Å². The Bertz CT molecular complexity index is 406. The summed E-state index contributed by atoms with van der Waals surface area (Å²) in [7, 11) is 1.74.